The van der Waals surface area contributed by atoms with Crippen molar-refractivity contribution in [3.05, 3.63) is 39.4 Å². The number of carboxylic acids is 1. The molecule has 0 radical (unpaired) electrons. The molecule has 0 aliphatic carbocycles. The number of aromatic carboxylic acids is 1. The number of hydrogen-bond acceptors (Lipinski definition) is 5. The van der Waals surface area contributed by atoms with E-state index in [1.54, 1.807) is 0 Å². The zero-order valence-electron chi connectivity index (χ0n) is 7.45. The molecule has 7 nitrogen and oxygen atoms in total. The van der Waals surface area contributed by atoms with Gasteiger partial charge in [0.1, 0.15) is 0 Å². The Morgan fingerprint density at radius 1 is 1.60 bits per heavy atom. The lowest BCUT2D eigenvalue weighted by Crippen LogP contribution is -2.04. The number of carboxylic acid groups (broad SMARTS) is 1. The van der Waals surface area contributed by atoms with Crippen molar-refractivity contribution in [2.75, 3.05) is 0 Å². The van der Waals surface area contributed by atoms with E-state index in [4.69, 9.17) is 10.9 Å². The number of carbonyl (C=O) groups is 1. The zero-order valence-corrected chi connectivity index (χ0v) is 7.45. The van der Waals surface area contributed by atoms with Crippen LogP contribution in [0.25, 0.3) is 0 Å². The van der Waals surface area contributed by atoms with Crippen LogP contribution in [0.1, 0.15) is 15.9 Å². The Labute approximate surface area is 84.0 Å². The second kappa shape index (κ2) is 4.18. The van der Waals surface area contributed by atoms with E-state index in [1.807, 2.05) is 0 Å². The number of nitrogens with two attached hydrogens (primary N) is 1. The molecule has 0 saturated carbocycles. The molecule has 15 heavy (non-hydrogen) atoms. The first-order chi connectivity index (χ1) is 7.06. The molecule has 0 heterocycles. The minimum Gasteiger partial charge on any atom is -0.478 e. The number of hydrogen-bond donors (Lipinski definition) is 2. The Bertz CT molecular complexity index is 442. The number of hydrazone groups is 1. The van der Waals surface area contributed by atoms with Crippen molar-refractivity contribution in [2.24, 2.45) is 10.9 Å². The molecule has 78 valence electrons. The number of benzene rings is 1. The molecule has 3 N–H and O–H groups in total. The van der Waals surface area contributed by atoms with Crippen LogP contribution in [-0.4, -0.2) is 22.2 Å². The van der Waals surface area contributed by atoms with Crippen molar-refractivity contribution >= 4 is 17.9 Å². The van der Waals surface area contributed by atoms with Gasteiger partial charge < -0.3 is 10.9 Å². The topological polar surface area (TPSA) is 119 Å². The van der Waals surface area contributed by atoms with Gasteiger partial charge in [0.25, 0.3) is 5.69 Å². The summed E-state index contributed by atoms with van der Waals surface area (Å²) in [5.74, 6) is 3.60. The minimum absolute atomic E-state index is 0.210. The van der Waals surface area contributed by atoms with E-state index in [1.165, 1.54) is 12.1 Å². The number of rotatable bonds is 3. The van der Waals surface area contributed by atoms with Gasteiger partial charge in [-0.1, -0.05) is 0 Å². The first kappa shape index (κ1) is 10.6. The molecule has 7 heteroatoms. The maximum absolute atomic E-state index is 10.7. The lowest BCUT2D eigenvalue weighted by Gasteiger charge is -1.99. The first-order valence-electron chi connectivity index (χ1n) is 3.81. The zero-order chi connectivity index (χ0) is 11.4. The lowest BCUT2D eigenvalue weighted by molar-refractivity contribution is -0.384. The Morgan fingerprint density at radius 3 is 2.73 bits per heavy atom. The predicted octanol–water partition coefficient (Wildman–Crippen LogP) is 0.586. The second-order valence-corrected chi connectivity index (χ2v) is 2.61. The fraction of sp³-hybridized carbons (Fsp3) is 0. The summed E-state index contributed by atoms with van der Waals surface area (Å²) in [5.41, 5.74) is -0.282. The summed E-state index contributed by atoms with van der Waals surface area (Å²) < 4.78 is 0. The third-order valence-corrected chi connectivity index (χ3v) is 1.69. The van der Waals surface area contributed by atoms with Gasteiger partial charge in [0.15, 0.2) is 0 Å². The standard InChI is InChI=1S/C8H7N3O4/c9-10-4-5-1-2-6(11(14)15)3-7(5)8(12)13/h1-4H,9H2,(H,12,13). The average molecular weight is 209 g/mol. The Balaban J connectivity index is 3.33. The fourth-order valence-electron chi connectivity index (χ4n) is 1.04. The fourth-order valence-corrected chi connectivity index (χ4v) is 1.04. The molecule has 1 aromatic rings. The average Bonchev–Trinajstić information content (AvgIpc) is 2.18. The molecule has 0 fully saturated rings. The highest BCUT2D eigenvalue weighted by atomic mass is 16.6. The largest absolute Gasteiger partial charge is 0.478 e. The summed E-state index contributed by atoms with van der Waals surface area (Å²) in [6.07, 6.45) is 1.12. The van der Waals surface area contributed by atoms with Crippen LogP contribution in [0, 0.1) is 10.1 Å². The van der Waals surface area contributed by atoms with E-state index < -0.39 is 10.9 Å². The van der Waals surface area contributed by atoms with E-state index in [0.717, 1.165) is 12.3 Å². The van der Waals surface area contributed by atoms with Crippen LogP contribution in [0.3, 0.4) is 0 Å². The van der Waals surface area contributed by atoms with Gasteiger partial charge in [0, 0.05) is 17.7 Å². The summed E-state index contributed by atoms with van der Waals surface area (Å²) in [6.45, 7) is 0. The van der Waals surface area contributed by atoms with Crippen LogP contribution in [0.15, 0.2) is 23.3 Å². The molecule has 0 aliphatic rings. The number of nitrogens with zero attached hydrogens (tertiary/aromatic N) is 2. The van der Waals surface area contributed by atoms with Crippen molar-refractivity contribution in [3.63, 3.8) is 0 Å². The maximum atomic E-state index is 10.7. The summed E-state index contributed by atoms with van der Waals surface area (Å²) in [6, 6.07) is 3.42. The highest BCUT2D eigenvalue weighted by Crippen LogP contribution is 2.16. The molecule has 0 spiro atoms. The molecule has 0 saturated heterocycles. The van der Waals surface area contributed by atoms with Gasteiger partial charge in [-0.2, -0.15) is 5.10 Å². The van der Waals surface area contributed by atoms with Gasteiger partial charge >= 0.3 is 5.97 Å². The van der Waals surface area contributed by atoms with Gasteiger partial charge in [-0.05, 0) is 6.07 Å². The monoisotopic (exact) mass is 209 g/mol. The van der Waals surface area contributed by atoms with E-state index in [9.17, 15) is 14.9 Å². The van der Waals surface area contributed by atoms with Crippen LogP contribution in [0.5, 0.6) is 0 Å². The highest BCUT2D eigenvalue weighted by Gasteiger charge is 2.14. The minimum atomic E-state index is -1.27. The Kier molecular flexibility index (Phi) is 2.97. The third-order valence-electron chi connectivity index (χ3n) is 1.69. The molecule has 0 atom stereocenters. The normalized spacial score (nSPS) is 10.4. The summed E-state index contributed by atoms with van der Waals surface area (Å²) >= 11 is 0. The van der Waals surface area contributed by atoms with E-state index in [-0.39, 0.29) is 16.8 Å². The SMILES string of the molecule is NN=Cc1ccc([N+](=O)[O-])cc1C(=O)O. The predicted molar refractivity (Wildman–Crippen MR) is 51.8 cm³/mol. The molecule has 0 unspecified atom stereocenters. The van der Waals surface area contributed by atoms with Crippen LogP contribution in [0.2, 0.25) is 0 Å². The first-order valence-corrected chi connectivity index (χ1v) is 3.81. The van der Waals surface area contributed by atoms with Crippen LogP contribution in [0.4, 0.5) is 5.69 Å². The van der Waals surface area contributed by atoms with Crippen molar-refractivity contribution < 1.29 is 14.8 Å². The van der Waals surface area contributed by atoms with Gasteiger partial charge in [-0.3, -0.25) is 10.1 Å². The van der Waals surface area contributed by atoms with Gasteiger partial charge in [-0.25, -0.2) is 4.79 Å². The maximum Gasteiger partial charge on any atom is 0.336 e. The Morgan fingerprint density at radius 2 is 2.27 bits per heavy atom. The number of non-ortho nitro benzene ring substituents is 1. The summed E-state index contributed by atoms with van der Waals surface area (Å²) in [5, 5.41) is 22.3. The molecule has 0 bridgehead atoms. The van der Waals surface area contributed by atoms with E-state index >= 15 is 0 Å². The molecule has 0 aromatic heterocycles. The van der Waals surface area contributed by atoms with E-state index in [0.29, 0.717) is 0 Å². The third kappa shape index (κ3) is 2.27. The van der Waals surface area contributed by atoms with Crippen molar-refractivity contribution in [1.82, 2.24) is 0 Å². The molecule has 1 aromatic carbocycles. The van der Waals surface area contributed by atoms with Crippen LogP contribution >= 0.6 is 0 Å². The van der Waals surface area contributed by atoms with Crippen LogP contribution in [-0.2, 0) is 0 Å². The molecule has 0 aliphatic heterocycles. The van der Waals surface area contributed by atoms with Crippen molar-refractivity contribution in [2.45, 2.75) is 0 Å². The molecular weight excluding hydrogens is 202 g/mol. The summed E-state index contributed by atoms with van der Waals surface area (Å²) in [7, 11) is 0. The smallest absolute Gasteiger partial charge is 0.336 e. The van der Waals surface area contributed by atoms with Crippen molar-refractivity contribution in [3.8, 4) is 0 Å². The molecule has 1 rings (SSSR count). The number of nitro benzene ring substituents is 1. The van der Waals surface area contributed by atoms with Crippen molar-refractivity contribution in [1.29, 1.82) is 0 Å². The second-order valence-electron chi connectivity index (χ2n) is 2.61. The lowest BCUT2D eigenvalue weighted by atomic mass is 10.1. The Hall–Kier alpha value is -2.44. The highest BCUT2D eigenvalue weighted by molar-refractivity contribution is 5.99. The van der Waals surface area contributed by atoms with E-state index in [2.05, 4.69) is 5.10 Å². The van der Waals surface area contributed by atoms with Crippen LogP contribution < -0.4 is 5.84 Å². The van der Waals surface area contributed by atoms with Gasteiger partial charge in [0.2, 0.25) is 0 Å². The van der Waals surface area contributed by atoms with Gasteiger partial charge in [-0.15, -0.1) is 0 Å². The quantitative estimate of drug-likeness (QED) is 0.326. The molecular formula is C8H7N3O4. The van der Waals surface area contributed by atoms with Gasteiger partial charge in [0.05, 0.1) is 16.7 Å². The summed E-state index contributed by atoms with van der Waals surface area (Å²) in [4.78, 5) is 20.5. The molecule has 0 amide bonds. The number of nitro groups is 1.